The number of likely N-dealkylation sites (N-methyl/N-ethyl adjacent to an activating group) is 1. The maximum absolute atomic E-state index is 12.0. The van der Waals surface area contributed by atoms with Gasteiger partial charge in [-0.05, 0) is 37.1 Å². The minimum absolute atomic E-state index is 0.109. The van der Waals surface area contributed by atoms with Gasteiger partial charge in [-0.3, -0.25) is 4.90 Å². The lowest BCUT2D eigenvalue weighted by molar-refractivity contribution is 0.197. The molecule has 0 spiro atoms. The first-order chi connectivity index (χ1) is 12.9. The van der Waals surface area contributed by atoms with Gasteiger partial charge in [0, 0.05) is 56.1 Å². The number of rotatable bonds is 7. The molecule has 1 saturated heterocycles. The number of benzene rings is 1. The van der Waals surface area contributed by atoms with E-state index >= 15 is 0 Å². The molecule has 7 nitrogen and oxygen atoms in total. The SMILES string of the molecule is CN(CCO)c1ccc(CN2CCC[C@@H](c3nnsc3S(C)(=O)=O)C2)cc1. The van der Waals surface area contributed by atoms with Crippen molar-refractivity contribution in [1.82, 2.24) is 14.5 Å². The lowest BCUT2D eigenvalue weighted by Crippen LogP contribution is -2.34. The number of nitrogens with zero attached hydrogens (tertiary/aromatic N) is 4. The van der Waals surface area contributed by atoms with E-state index in [-0.39, 0.29) is 12.5 Å². The van der Waals surface area contributed by atoms with Crippen molar-refractivity contribution >= 4 is 27.1 Å². The first-order valence-corrected chi connectivity index (χ1v) is 11.7. The Morgan fingerprint density at radius 3 is 2.74 bits per heavy atom. The summed E-state index contributed by atoms with van der Waals surface area (Å²) in [6.45, 7) is 3.35. The zero-order valence-electron chi connectivity index (χ0n) is 15.7. The number of sulfone groups is 1. The zero-order chi connectivity index (χ0) is 19.4. The molecule has 1 aromatic heterocycles. The van der Waals surface area contributed by atoms with Gasteiger partial charge in [-0.15, -0.1) is 5.10 Å². The molecule has 1 aromatic carbocycles. The molecule has 0 aliphatic carbocycles. The summed E-state index contributed by atoms with van der Waals surface area (Å²) < 4.78 is 28.1. The minimum Gasteiger partial charge on any atom is -0.395 e. The smallest absolute Gasteiger partial charge is 0.188 e. The molecule has 2 aromatic rings. The molecule has 3 rings (SSSR count). The van der Waals surface area contributed by atoms with Crippen molar-refractivity contribution in [3.8, 4) is 0 Å². The molecule has 1 N–H and O–H groups in total. The molecule has 9 heteroatoms. The van der Waals surface area contributed by atoms with Crippen LogP contribution in [0, 0.1) is 0 Å². The molecule has 0 radical (unpaired) electrons. The quantitative estimate of drug-likeness (QED) is 0.744. The molecular formula is C18H26N4O3S2. The van der Waals surface area contributed by atoms with Gasteiger partial charge in [0.15, 0.2) is 14.0 Å². The van der Waals surface area contributed by atoms with Crippen molar-refractivity contribution in [3.05, 3.63) is 35.5 Å². The molecule has 1 aliphatic rings. The van der Waals surface area contributed by atoms with Crippen LogP contribution in [0.2, 0.25) is 0 Å². The Kier molecular flexibility index (Phi) is 6.46. The van der Waals surface area contributed by atoms with Crippen molar-refractivity contribution < 1.29 is 13.5 Å². The van der Waals surface area contributed by atoms with E-state index in [0.29, 0.717) is 16.4 Å². The van der Waals surface area contributed by atoms with Crippen LogP contribution in [0.3, 0.4) is 0 Å². The second kappa shape index (κ2) is 8.64. The third-order valence-corrected chi connectivity index (χ3v) is 7.48. The fourth-order valence-electron chi connectivity index (χ4n) is 3.51. The lowest BCUT2D eigenvalue weighted by atomic mass is 9.95. The van der Waals surface area contributed by atoms with E-state index < -0.39 is 9.84 Å². The number of aliphatic hydroxyl groups is 1. The Labute approximate surface area is 164 Å². The zero-order valence-corrected chi connectivity index (χ0v) is 17.3. The Morgan fingerprint density at radius 2 is 2.07 bits per heavy atom. The third-order valence-electron chi connectivity index (χ3n) is 4.93. The fourth-order valence-corrected chi connectivity index (χ4v) is 5.24. The summed E-state index contributed by atoms with van der Waals surface area (Å²) in [5.41, 5.74) is 2.93. The van der Waals surface area contributed by atoms with Crippen molar-refractivity contribution in [2.75, 3.05) is 44.4 Å². The Bertz CT molecular complexity index is 852. The Hall–Kier alpha value is -1.55. The molecule has 0 bridgehead atoms. The first-order valence-electron chi connectivity index (χ1n) is 9.04. The maximum Gasteiger partial charge on any atom is 0.188 e. The van der Waals surface area contributed by atoms with Crippen molar-refractivity contribution in [1.29, 1.82) is 0 Å². The predicted molar refractivity (Wildman–Crippen MR) is 107 cm³/mol. The molecule has 1 aliphatic heterocycles. The first kappa shape index (κ1) is 20.2. The molecule has 2 heterocycles. The van der Waals surface area contributed by atoms with Crippen molar-refractivity contribution in [3.63, 3.8) is 0 Å². The molecule has 0 amide bonds. The van der Waals surface area contributed by atoms with Gasteiger partial charge in [0.2, 0.25) is 0 Å². The van der Waals surface area contributed by atoms with E-state index in [1.807, 2.05) is 11.9 Å². The van der Waals surface area contributed by atoms with Gasteiger partial charge < -0.3 is 10.0 Å². The second-order valence-electron chi connectivity index (χ2n) is 7.10. The fraction of sp³-hybridized carbons (Fsp3) is 0.556. The number of hydrogen-bond acceptors (Lipinski definition) is 8. The van der Waals surface area contributed by atoms with Gasteiger partial charge in [0.25, 0.3) is 0 Å². The van der Waals surface area contributed by atoms with Crippen molar-refractivity contribution in [2.45, 2.75) is 29.5 Å². The number of piperidine rings is 1. The van der Waals surface area contributed by atoms with E-state index in [9.17, 15) is 8.42 Å². The Balaban J connectivity index is 1.66. The second-order valence-corrected chi connectivity index (χ2v) is 10.1. The number of aliphatic hydroxyl groups excluding tert-OH is 1. The average Bonchev–Trinajstić information content (AvgIpc) is 3.13. The van der Waals surface area contributed by atoms with Crippen molar-refractivity contribution in [2.24, 2.45) is 0 Å². The van der Waals surface area contributed by atoms with E-state index in [0.717, 1.165) is 49.7 Å². The number of aromatic nitrogens is 2. The van der Waals surface area contributed by atoms with Gasteiger partial charge in [-0.1, -0.05) is 16.6 Å². The molecule has 0 saturated carbocycles. The summed E-state index contributed by atoms with van der Waals surface area (Å²) in [5, 5.41) is 13.2. The van der Waals surface area contributed by atoms with Gasteiger partial charge in [-0.2, -0.15) is 0 Å². The largest absolute Gasteiger partial charge is 0.395 e. The monoisotopic (exact) mass is 410 g/mol. The summed E-state index contributed by atoms with van der Waals surface area (Å²) >= 11 is 0.974. The number of likely N-dealkylation sites (tertiary alicyclic amines) is 1. The summed E-state index contributed by atoms with van der Waals surface area (Å²) in [4.78, 5) is 4.37. The normalized spacial score (nSPS) is 18.6. The average molecular weight is 411 g/mol. The maximum atomic E-state index is 12.0. The minimum atomic E-state index is -3.28. The van der Waals surface area contributed by atoms with Crippen LogP contribution in [0.15, 0.2) is 28.5 Å². The molecule has 27 heavy (non-hydrogen) atoms. The third kappa shape index (κ3) is 5.04. The summed E-state index contributed by atoms with van der Waals surface area (Å²) in [5.74, 6) is 0.109. The van der Waals surface area contributed by atoms with Crippen LogP contribution in [0.25, 0.3) is 0 Å². The van der Waals surface area contributed by atoms with Crippen LogP contribution in [-0.4, -0.2) is 67.6 Å². The van der Waals surface area contributed by atoms with Crippen LogP contribution in [-0.2, 0) is 16.4 Å². The Morgan fingerprint density at radius 1 is 1.33 bits per heavy atom. The standard InChI is InChI=1S/C18H26N4O3S2/c1-21(10-11-23)16-7-5-14(6-8-16)12-22-9-3-4-15(13-22)17-18(26-20-19-17)27(2,24)25/h5-8,15,23H,3-4,9-13H2,1-2H3/t15-/m1/s1. The summed E-state index contributed by atoms with van der Waals surface area (Å²) in [6, 6.07) is 8.36. The summed E-state index contributed by atoms with van der Waals surface area (Å²) in [6.07, 6.45) is 3.18. The van der Waals surface area contributed by atoms with Crippen LogP contribution in [0.1, 0.15) is 30.0 Å². The van der Waals surface area contributed by atoms with E-state index in [2.05, 4.69) is 38.8 Å². The molecular weight excluding hydrogens is 384 g/mol. The number of anilines is 1. The van der Waals surface area contributed by atoms with Crippen LogP contribution >= 0.6 is 11.5 Å². The molecule has 0 unspecified atom stereocenters. The predicted octanol–water partition coefficient (Wildman–Crippen LogP) is 1.75. The van der Waals surface area contributed by atoms with Crippen LogP contribution in [0.4, 0.5) is 5.69 Å². The number of hydrogen-bond donors (Lipinski definition) is 1. The van der Waals surface area contributed by atoms with E-state index in [1.54, 1.807) is 0 Å². The topological polar surface area (TPSA) is 86.6 Å². The van der Waals surface area contributed by atoms with Gasteiger partial charge in [-0.25, -0.2) is 8.42 Å². The van der Waals surface area contributed by atoms with E-state index in [4.69, 9.17) is 5.11 Å². The van der Waals surface area contributed by atoms with Gasteiger partial charge in [0.1, 0.15) is 0 Å². The van der Waals surface area contributed by atoms with Gasteiger partial charge >= 0.3 is 0 Å². The highest BCUT2D eigenvalue weighted by atomic mass is 32.2. The summed E-state index contributed by atoms with van der Waals surface area (Å²) in [7, 11) is -1.32. The van der Waals surface area contributed by atoms with Gasteiger partial charge in [0.05, 0.1) is 12.3 Å². The molecule has 148 valence electrons. The molecule has 1 atom stereocenters. The molecule has 1 fully saturated rings. The van der Waals surface area contributed by atoms with Crippen LogP contribution < -0.4 is 4.90 Å². The highest BCUT2D eigenvalue weighted by Gasteiger charge is 2.29. The van der Waals surface area contributed by atoms with Crippen LogP contribution in [0.5, 0.6) is 0 Å². The highest BCUT2D eigenvalue weighted by Crippen LogP contribution is 2.32. The lowest BCUT2D eigenvalue weighted by Gasteiger charge is -2.32. The van der Waals surface area contributed by atoms with E-state index in [1.165, 1.54) is 11.8 Å². The highest BCUT2D eigenvalue weighted by molar-refractivity contribution is 7.92.